The minimum Gasteiger partial charge on any atom is -0.507 e. The van der Waals surface area contributed by atoms with E-state index in [0.29, 0.717) is 17.1 Å². The Labute approximate surface area is 195 Å². The van der Waals surface area contributed by atoms with Crippen molar-refractivity contribution in [2.75, 3.05) is 20.8 Å². The lowest BCUT2D eigenvalue weighted by Crippen LogP contribution is -2.43. The van der Waals surface area contributed by atoms with E-state index in [1.807, 2.05) is 0 Å². The molecule has 0 bridgehead atoms. The molecule has 1 saturated heterocycles. The number of fused-ring (bicyclic) bond motifs is 1. The third-order valence-corrected chi connectivity index (χ3v) is 6.05. The van der Waals surface area contributed by atoms with Crippen LogP contribution in [0, 0.1) is 0 Å². The lowest BCUT2D eigenvalue weighted by atomic mass is 9.91. The number of benzene rings is 2. The van der Waals surface area contributed by atoms with Crippen molar-refractivity contribution >= 4 is 0 Å². The maximum Gasteiger partial charge on any atom is 0.187 e. The molecule has 11 nitrogen and oxygen atoms in total. The predicted molar refractivity (Wildman–Crippen MR) is 115 cm³/mol. The normalized spacial score (nSPS) is 31.4. The van der Waals surface area contributed by atoms with Crippen molar-refractivity contribution in [2.24, 2.45) is 0 Å². The molecule has 0 amide bonds. The molecule has 2 aliphatic rings. The van der Waals surface area contributed by atoms with Crippen molar-refractivity contribution in [1.29, 1.82) is 0 Å². The van der Waals surface area contributed by atoms with E-state index in [1.165, 1.54) is 26.4 Å². The summed E-state index contributed by atoms with van der Waals surface area (Å²) in [4.78, 5) is 0. The van der Waals surface area contributed by atoms with E-state index in [9.17, 15) is 30.6 Å². The van der Waals surface area contributed by atoms with Crippen molar-refractivity contribution in [3.63, 3.8) is 0 Å². The highest BCUT2D eigenvalue weighted by molar-refractivity contribution is 5.53. The monoisotopic (exact) mass is 480 g/mol. The molecule has 0 spiro atoms. The smallest absolute Gasteiger partial charge is 0.187 e. The number of aromatic hydroxyl groups is 1. The van der Waals surface area contributed by atoms with Crippen LogP contribution in [0.4, 0.5) is 0 Å². The number of ether oxygens (including phenoxy) is 5. The van der Waals surface area contributed by atoms with Gasteiger partial charge < -0.3 is 54.3 Å². The second-order valence-corrected chi connectivity index (χ2v) is 8.12. The Hall–Kier alpha value is -2.64. The molecule has 2 aromatic carbocycles. The van der Waals surface area contributed by atoms with Gasteiger partial charge in [0.2, 0.25) is 0 Å². The van der Waals surface area contributed by atoms with E-state index < -0.39 is 55.6 Å². The van der Waals surface area contributed by atoms with Gasteiger partial charge in [0, 0.05) is 12.1 Å². The van der Waals surface area contributed by atoms with Crippen molar-refractivity contribution in [3.8, 4) is 23.0 Å². The van der Waals surface area contributed by atoms with E-state index in [-0.39, 0.29) is 17.1 Å². The number of rotatable bonds is 7. The molecule has 0 saturated carbocycles. The van der Waals surface area contributed by atoms with Gasteiger partial charge in [-0.3, -0.25) is 0 Å². The van der Waals surface area contributed by atoms with Crippen LogP contribution in [0.5, 0.6) is 23.0 Å². The highest BCUT2D eigenvalue weighted by Crippen LogP contribution is 2.49. The van der Waals surface area contributed by atoms with Crippen LogP contribution in [0.15, 0.2) is 36.4 Å². The van der Waals surface area contributed by atoms with Crippen molar-refractivity contribution in [3.05, 3.63) is 47.5 Å². The lowest BCUT2D eigenvalue weighted by Gasteiger charge is -2.39. The maximum absolute atomic E-state index is 11.2. The van der Waals surface area contributed by atoms with Crippen LogP contribution >= 0.6 is 0 Å². The number of aliphatic hydroxyl groups is 5. The SMILES string of the molecule is COc1ccc([C@H]2Oc3cc(OC)cc(O)c3[C@H](O)[C@H]2O[C@@H]2O[C@@H]([C@H](O)CO)[C@@H](O)[C@@H]2O)cc1. The molecule has 2 heterocycles. The molecule has 2 aliphatic heterocycles. The molecular formula is C23H28O11. The molecule has 4 rings (SSSR count). The van der Waals surface area contributed by atoms with Gasteiger partial charge in [-0.25, -0.2) is 0 Å². The van der Waals surface area contributed by atoms with E-state index >= 15 is 0 Å². The van der Waals surface area contributed by atoms with Gasteiger partial charge in [-0.05, 0) is 17.7 Å². The van der Waals surface area contributed by atoms with Gasteiger partial charge in [-0.1, -0.05) is 12.1 Å². The lowest BCUT2D eigenvalue weighted by molar-refractivity contribution is -0.239. The summed E-state index contributed by atoms with van der Waals surface area (Å²) in [5.41, 5.74) is 0.633. The molecule has 8 atom stereocenters. The zero-order valence-electron chi connectivity index (χ0n) is 18.5. The standard InChI is InChI=1S/C23H28O11/c1-30-11-5-3-10(4-6-11)20-22(34-23-19(29)18(28)21(33-23)14(26)9-24)17(27)16-13(25)7-12(31-2)8-15(16)32-20/h3-8,14,17-29H,9H2,1-2H3/t14-,17+,18+,19+,20-,21+,22-,23+/m1/s1. The van der Waals surface area contributed by atoms with Crippen molar-refractivity contribution in [1.82, 2.24) is 0 Å². The Bertz CT molecular complexity index is 982. The first-order valence-corrected chi connectivity index (χ1v) is 10.6. The van der Waals surface area contributed by atoms with Crippen LogP contribution < -0.4 is 14.2 Å². The topological polar surface area (TPSA) is 168 Å². The molecular weight excluding hydrogens is 452 g/mol. The number of methoxy groups -OCH3 is 2. The first-order valence-electron chi connectivity index (χ1n) is 10.6. The molecule has 34 heavy (non-hydrogen) atoms. The third kappa shape index (κ3) is 4.39. The maximum atomic E-state index is 11.2. The van der Waals surface area contributed by atoms with Crippen LogP contribution in [0.25, 0.3) is 0 Å². The number of phenols is 1. The highest BCUT2D eigenvalue weighted by atomic mass is 16.7. The van der Waals surface area contributed by atoms with Gasteiger partial charge in [0.25, 0.3) is 0 Å². The van der Waals surface area contributed by atoms with Gasteiger partial charge in [0.05, 0.1) is 26.4 Å². The third-order valence-electron chi connectivity index (χ3n) is 6.05. The summed E-state index contributed by atoms with van der Waals surface area (Å²) in [7, 11) is 2.95. The summed E-state index contributed by atoms with van der Waals surface area (Å²) in [6.45, 7) is -0.701. The minimum absolute atomic E-state index is 0.0514. The fourth-order valence-corrected chi connectivity index (χ4v) is 4.19. The first-order chi connectivity index (χ1) is 16.3. The average Bonchev–Trinajstić information content (AvgIpc) is 3.13. The fraction of sp³-hybridized carbons (Fsp3) is 0.478. The Balaban J connectivity index is 1.70. The van der Waals surface area contributed by atoms with Gasteiger partial charge in [-0.2, -0.15) is 0 Å². The molecule has 2 aromatic rings. The molecule has 0 radical (unpaired) electrons. The molecule has 0 aliphatic carbocycles. The van der Waals surface area contributed by atoms with Crippen LogP contribution in [0.3, 0.4) is 0 Å². The summed E-state index contributed by atoms with van der Waals surface area (Å²) in [6.07, 6.45) is -10.9. The zero-order chi connectivity index (χ0) is 24.6. The minimum atomic E-state index is -1.58. The second-order valence-electron chi connectivity index (χ2n) is 8.12. The number of hydrogen-bond donors (Lipinski definition) is 6. The Kier molecular flexibility index (Phi) is 7.14. The van der Waals surface area contributed by atoms with Gasteiger partial charge in [-0.15, -0.1) is 0 Å². The van der Waals surface area contributed by atoms with Gasteiger partial charge in [0.1, 0.15) is 59.6 Å². The van der Waals surface area contributed by atoms with Gasteiger partial charge >= 0.3 is 0 Å². The molecule has 0 unspecified atom stereocenters. The first kappa shape index (κ1) is 24.5. The molecule has 11 heteroatoms. The van der Waals surface area contributed by atoms with E-state index in [1.54, 1.807) is 24.3 Å². The fourth-order valence-electron chi connectivity index (χ4n) is 4.19. The van der Waals surface area contributed by atoms with E-state index in [2.05, 4.69) is 0 Å². The molecule has 186 valence electrons. The predicted octanol–water partition coefficient (Wildman–Crippen LogP) is -0.238. The summed E-state index contributed by atoms with van der Waals surface area (Å²) in [5, 5.41) is 61.5. The van der Waals surface area contributed by atoms with Crippen LogP contribution in [0.2, 0.25) is 0 Å². The summed E-state index contributed by atoms with van der Waals surface area (Å²) in [6, 6.07) is 9.63. The Morgan fingerprint density at radius 1 is 0.971 bits per heavy atom. The Morgan fingerprint density at radius 2 is 1.65 bits per heavy atom. The van der Waals surface area contributed by atoms with Crippen LogP contribution in [0.1, 0.15) is 23.3 Å². The van der Waals surface area contributed by atoms with Crippen molar-refractivity contribution in [2.45, 2.75) is 49.0 Å². The van der Waals surface area contributed by atoms with E-state index in [4.69, 9.17) is 23.7 Å². The number of phenolic OH excluding ortho intramolecular Hbond substituents is 1. The molecule has 6 N–H and O–H groups in total. The largest absolute Gasteiger partial charge is 0.507 e. The Morgan fingerprint density at radius 3 is 2.26 bits per heavy atom. The summed E-state index contributed by atoms with van der Waals surface area (Å²) in [5.74, 6) is 0.794. The summed E-state index contributed by atoms with van der Waals surface area (Å²) < 4.78 is 27.8. The number of aliphatic hydroxyl groups excluding tert-OH is 5. The van der Waals surface area contributed by atoms with Crippen molar-refractivity contribution < 1.29 is 54.3 Å². The second kappa shape index (κ2) is 9.92. The molecule has 0 aromatic heterocycles. The van der Waals surface area contributed by atoms with Crippen LogP contribution in [-0.2, 0) is 9.47 Å². The van der Waals surface area contributed by atoms with E-state index in [0.717, 1.165) is 0 Å². The average molecular weight is 480 g/mol. The molecule has 1 fully saturated rings. The quantitative estimate of drug-likeness (QED) is 0.309. The number of hydrogen-bond acceptors (Lipinski definition) is 11. The van der Waals surface area contributed by atoms with Crippen LogP contribution in [-0.4, -0.2) is 88.3 Å². The van der Waals surface area contributed by atoms with Gasteiger partial charge in [0.15, 0.2) is 12.4 Å². The highest BCUT2D eigenvalue weighted by Gasteiger charge is 2.50. The zero-order valence-corrected chi connectivity index (χ0v) is 18.5. The summed E-state index contributed by atoms with van der Waals surface area (Å²) >= 11 is 0.